The second kappa shape index (κ2) is 8.29. The highest BCUT2D eigenvalue weighted by Crippen LogP contribution is 2.51. The third kappa shape index (κ3) is 4.10. The lowest BCUT2D eigenvalue weighted by atomic mass is 10.1. The van der Waals surface area contributed by atoms with Crippen LogP contribution in [0, 0.1) is 0 Å². The molecule has 3 aromatic rings. The molecule has 0 fully saturated rings. The van der Waals surface area contributed by atoms with Gasteiger partial charge in [0.25, 0.3) is 0 Å². The number of benzene rings is 3. The quantitative estimate of drug-likeness (QED) is 0.655. The minimum absolute atomic E-state index is 0.310. The van der Waals surface area contributed by atoms with Gasteiger partial charge in [-0.3, -0.25) is 0 Å². The maximum Gasteiger partial charge on any atom is 0.115 e. The molecule has 0 heterocycles. The summed E-state index contributed by atoms with van der Waals surface area (Å²) in [7, 11) is 1.40. The van der Waals surface area contributed by atoms with E-state index in [0.717, 1.165) is 0 Å². The van der Waals surface area contributed by atoms with Gasteiger partial charge >= 0.3 is 0 Å². The van der Waals surface area contributed by atoms with Gasteiger partial charge in [0.2, 0.25) is 0 Å². The van der Waals surface area contributed by atoms with Crippen LogP contribution in [0.4, 0.5) is 0 Å². The van der Waals surface area contributed by atoms with E-state index in [0.29, 0.717) is 17.5 Å². The van der Waals surface area contributed by atoms with Crippen LogP contribution in [0.5, 0.6) is 5.75 Å². The molecular formula is C22H24NOP. The number of hydrogen-bond acceptors (Lipinski definition) is 2. The lowest BCUT2D eigenvalue weighted by molar-refractivity contribution is 0.475. The number of likely N-dealkylation sites (N-methyl/N-ethyl adjacent to an activating group) is 1. The Morgan fingerprint density at radius 1 is 0.760 bits per heavy atom. The molecule has 0 amide bonds. The number of rotatable bonds is 6. The van der Waals surface area contributed by atoms with E-state index in [4.69, 9.17) is 0 Å². The predicted octanol–water partition coefficient (Wildman–Crippen LogP) is 4.17. The van der Waals surface area contributed by atoms with E-state index >= 15 is 0 Å². The highest BCUT2D eigenvalue weighted by Gasteiger charge is 2.30. The first-order valence-corrected chi connectivity index (χ1v) is 9.97. The molecule has 25 heavy (non-hydrogen) atoms. The Morgan fingerprint density at radius 3 is 1.84 bits per heavy atom. The predicted molar refractivity (Wildman–Crippen MR) is 108 cm³/mol. The van der Waals surface area contributed by atoms with E-state index in [1.165, 1.54) is 16.2 Å². The van der Waals surface area contributed by atoms with E-state index in [1.807, 2.05) is 7.05 Å². The van der Waals surface area contributed by atoms with Gasteiger partial charge in [-0.25, -0.2) is 0 Å². The maximum atomic E-state index is 9.71. The van der Waals surface area contributed by atoms with Crippen LogP contribution in [0.15, 0.2) is 84.9 Å². The van der Waals surface area contributed by atoms with Crippen LogP contribution in [-0.4, -0.2) is 18.2 Å². The van der Waals surface area contributed by atoms with Crippen molar-refractivity contribution >= 4 is 18.5 Å². The minimum atomic E-state index is -0.622. The van der Waals surface area contributed by atoms with E-state index in [9.17, 15) is 5.11 Å². The van der Waals surface area contributed by atoms with Crippen molar-refractivity contribution in [1.29, 1.82) is 0 Å². The second-order valence-electron chi connectivity index (χ2n) is 6.15. The number of nitrogens with one attached hydrogen (secondary N) is 1. The number of aromatic hydroxyl groups is 1. The fraction of sp³-hybridized carbons (Fsp3) is 0.182. The van der Waals surface area contributed by atoms with Gasteiger partial charge in [0.05, 0.1) is 0 Å². The Hall–Kier alpha value is -2.15. The van der Waals surface area contributed by atoms with Gasteiger partial charge in [-0.2, -0.15) is 0 Å². The van der Waals surface area contributed by atoms with Gasteiger partial charge in [-0.15, -0.1) is 0 Å². The van der Waals surface area contributed by atoms with E-state index in [2.05, 4.69) is 85.0 Å². The van der Waals surface area contributed by atoms with Crippen molar-refractivity contribution in [2.75, 3.05) is 7.05 Å². The lowest BCUT2D eigenvalue weighted by Crippen LogP contribution is -2.32. The maximum absolute atomic E-state index is 9.71. The van der Waals surface area contributed by atoms with Gasteiger partial charge in [0.15, 0.2) is 0 Å². The van der Waals surface area contributed by atoms with E-state index in [-0.39, 0.29) is 0 Å². The molecule has 0 radical (unpaired) electrons. The zero-order chi connectivity index (χ0) is 17.6. The first-order chi connectivity index (χ1) is 12.2. The highest BCUT2D eigenvalue weighted by atomic mass is 31.1. The Balaban J connectivity index is 2.15. The molecular weight excluding hydrogens is 325 g/mol. The first kappa shape index (κ1) is 17.7. The minimum Gasteiger partial charge on any atom is -0.508 e. The van der Waals surface area contributed by atoms with Crippen molar-refractivity contribution in [2.24, 2.45) is 0 Å². The van der Waals surface area contributed by atoms with E-state index < -0.39 is 7.92 Å². The highest BCUT2D eigenvalue weighted by molar-refractivity contribution is 7.73. The molecule has 3 heteroatoms. The third-order valence-corrected chi connectivity index (χ3v) is 7.52. The van der Waals surface area contributed by atoms with Crippen molar-refractivity contribution in [3.8, 4) is 5.75 Å². The van der Waals surface area contributed by atoms with Crippen LogP contribution in [-0.2, 0) is 0 Å². The van der Waals surface area contributed by atoms with Gasteiger partial charge < -0.3 is 10.4 Å². The average molecular weight is 349 g/mol. The SMILES string of the molecule is CNC(C)C(c1ccccc1)P(c1ccccc1)c1ccc(O)cc1. The molecule has 0 aliphatic carbocycles. The van der Waals surface area contributed by atoms with Crippen molar-refractivity contribution < 1.29 is 5.11 Å². The number of phenolic OH excluding ortho intramolecular Hbond substituents is 1. The van der Waals surface area contributed by atoms with Crippen LogP contribution in [0.2, 0.25) is 0 Å². The molecule has 0 saturated carbocycles. The number of hydrogen-bond donors (Lipinski definition) is 2. The van der Waals surface area contributed by atoms with Crippen LogP contribution in [0.3, 0.4) is 0 Å². The fourth-order valence-corrected chi connectivity index (χ4v) is 6.11. The normalized spacial score (nSPS) is 14.6. The molecule has 0 aliphatic rings. The molecule has 3 rings (SSSR count). The lowest BCUT2D eigenvalue weighted by Gasteiger charge is -2.33. The van der Waals surface area contributed by atoms with Crippen LogP contribution >= 0.6 is 7.92 Å². The van der Waals surface area contributed by atoms with Gasteiger partial charge in [-0.1, -0.05) is 72.8 Å². The molecule has 0 spiro atoms. The topological polar surface area (TPSA) is 32.3 Å². The fourth-order valence-electron chi connectivity index (χ4n) is 3.14. The summed E-state index contributed by atoms with van der Waals surface area (Å²) in [6, 6.07) is 29.5. The monoisotopic (exact) mass is 349 g/mol. The zero-order valence-corrected chi connectivity index (χ0v) is 15.5. The summed E-state index contributed by atoms with van der Waals surface area (Å²) in [4.78, 5) is 0. The van der Waals surface area contributed by atoms with Crippen molar-refractivity contribution in [3.05, 3.63) is 90.5 Å². The largest absolute Gasteiger partial charge is 0.508 e. The van der Waals surface area contributed by atoms with Gasteiger partial charge in [-0.05, 0) is 50.2 Å². The molecule has 0 bridgehead atoms. The third-order valence-electron chi connectivity index (χ3n) is 4.51. The Bertz CT molecular complexity index is 774. The summed E-state index contributed by atoms with van der Waals surface area (Å²) in [5.41, 5.74) is 1.68. The summed E-state index contributed by atoms with van der Waals surface area (Å²) < 4.78 is 0. The Morgan fingerprint density at radius 2 is 1.28 bits per heavy atom. The Labute approximate surface area is 151 Å². The molecule has 3 atom stereocenters. The summed E-state index contributed by atoms with van der Waals surface area (Å²) in [6.45, 7) is 2.25. The van der Waals surface area contributed by atoms with Crippen molar-refractivity contribution in [2.45, 2.75) is 18.6 Å². The standard InChI is InChI=1S/C22H24NOP/c1-17(23-2)22(18-9-5-3-6-10-18)25(20-11-7-4-8-12-20)21-15-13-19(24)14-16-21/h3-17,22-24H,1-2H3. The molecule has 2 nitrogen and oxygen atoms in total. The average Bonchev–Trinajstić information content (AvgIpc) is 2.68. The molecule has 128 valence electrons. The second-order valence-corrected chi connectivity index (χ2v) is 8.48. The smallest absolute Gasteiger partial charge is 0.115 e. The van der Waals surface area contributed by atoms with Crippen LogP contribution in [0.25, 0.3) is 0 Å². The zero-order valence-electron chi connectivity index (χ0n) is 14.6. The first-order valence-electron chi connectivity index (χ1n) is 8.56. The van der Waals surface area contributed by atoms with Crippen molar-refractivity contribution in [1.82, 2.24) is 5.32 Å². The Kier molecular flexibility index (Phi) is 5.86. The molecule has 0 aliphatic heterocycles. The number of phenols is 1. The molecule has 0 saturated heterocycles. The van der Waals surface area contributed by atoms with Crippen molar-refractivity contribution in [3.63, 3.8) is 0 Å². The molecule has 2 N–H and O–H groups in total. The molecule has 0 aromatic heterocycles. The van der Waals surface area contributed by atoms with Gasteiger partial charge in [0.1, 0.15) is 5.75 Å². The van der Waals surface area contributed by atoms with E-state index in [1.54, 1.807) is 12.1 Å². The summed E-state index contributed by atoms with van der Waals surface area (Å²) >= 11 is 0. The van der Waals surface area contributed by atoms with Gasteiger partial charge in [0, 0.05) is 11.7 Å². The summed E-state index contributed by atoms with van der Waals surface area (Å²) in [6.07, 6.45) is 0. The summed E-state index contributed by atoms with van der Waals surface area (Å²) in [5, 5.41) is 15.8. The molecule has 3 aromatic carbocycles. The molecule has 3 unspecified atom stereocenters. The van der Waals surface area contributed by atoms with Crippen LogP contribution in [0.1, 0.15) is 18.1 Å². The van der Waals surface area contributed by atoms with Crippen LogP contribution < -0.4 is 15.9 Å². The summed E-state index contributed by atoms with van der Waals surface area (Å²) in [5.74, 6) is 0.310.